The van der Waals surface area contributed by atoms with Crippen molar-refractivity contribution in [1.29, 1.82) is 0 Å². The number of hydrogen-bond acceptors (Lipinski definition) is 1. The van der Waals surface area contributed by atoms with Gasteiger partial charge < -0.3 is 13.3 Å². The van der Waals surface area contributed by atoms with Gasteiger partial charge in [-0.25, -0.2) is 0 Å². The summed E-state index contributed by atoms with van der Waals surface area (Å²) in [4.78, 5) is 14.2. The molecule has 0 aliphatic rings. The molecule has 12 heavy (non-hydrogen) atoms. The Morgan fingerprint density at radius 3 is 1.50 bits per heavy atom. The van der Waals surface area contributed by atoms with Crippen molar-refractivity contribution in [3.05, 3.63) is 13.3 Å². The van der Waals surface area contributed by atoms with Gasteiger partial charge in [0.2, 0.25) is 0 Å². The van der Waals surface area contributed by atoms with E-state index in [1.54, 1.807) is 0 Å². The van der Waals surface area contributed by atoms with Gasteiger partial charge in [0.1, 0.15) is 0 Å². The van der Waals surface area contributed by atoms with E-state index in [0.717, 1.165) is 6.42 Å². The Labute approximate surface area is 89.3 Å². The van der Waals surface area contributed by atoms with Gasteiger partial charge in [0.15, 0.2) is 0 Å². The summed E-state index contributed by atoms with van der Waals surface area (Å²) in [5.74, 6) is 0. The molecule has 0 aliphatic carbocycles. The van der Waals surface area contributed by atoms with Gasteiger partial charge in [-0.15, -0.1) is 9.79 Å². The fourth-order valence-electron chi connectivity index (χ4n) is 0. The van der Waals surface area contributed by atoms with Crippen LogP contribution in [0.4, 0.5) is 0 Å². The smallest absolute Gasteiger partial charge is 0.343 e. The monoisotopic (exact) mass is 245 g/mol. The molecule has 2 N–H and O–H groups in total. The van der Waals surface area contributed by atoms with Crippen molar-refractivity contribution in [2.24, 2.45) is 0 Å². The first-order valence-electron chi connectivity index (χ1n) is 3.44. The second kappa shape index (κ2) is 29.9. The SMILES string of the molecule is C[CH-]C.O=[P+](O)O.[CH2-]CCC.[Zn+2]. The molecule has 3 nitrogen and oxygen atoms in total. The molecule has 5 heteroatoms. The van der Waals surface area contributed by atoms with Crippen LogP contribution in [-0.4, -0.2) is 9.79 Å². The van der Waals surface area contributed by atoms with E-state index in [-0.39, 0.29) is 19.5 Å². The molecule has 0 amide bonds. The molecule has 0 bridgehead atoms. The zero-order valence-corrected chi connectivity index (χ0v) is 12.0. The fourth-order valence-corrected chi connectivity index (χ4v) is 0. The van der Waals surface area contributed by atoms with Crippen LogP contribution in [0.15, 0.2) is 0 Å². The molecule has 0 radical (unpaired) electrons. The van der Waals surface area contributed by atoms with Gasteiger partial charge in [-0.05, 0) is 0 Å². The second-order valence-electron chi connectivity index (χ2n) is 1.68. The summed E-state index contributed by atoms with van der Waals surface area (Å²) >= 11 is 0. The Morgan fingerprint density at radius 2 is 1.50 bits per heavy atom. The molecule has 0 aliphatic heterocycles. The van der Waals surface area contributed by atoms with Crippen LogP contribution in [0.1, 0.15) is 33.6 Å². The van der Waals surface area contributed by atoms with E-state index in [1.165, 1.54) is 6.42 Å². The molecule has 0 aromatic heterocycles. The van der Waals surface area contributed by atoms with Gasteiger partial charge in [0.25, 0.3) is 0 Å². The third-order valence-electron chi connectivity index (χ3n) is 0.354. The van der Waals surface area contributed by atoms with Crippen molar-refractivity contribution in [2.75, 3.05) is 0 Å². The Balaban J connectivity index is -0.0000000389. The standard InChI is InChI=1S/C4H9.C3H7.HO3P.Zn/c1-3-4-2;1-3-2;1-4(2)3;/h1,3-4H2,2H3;3H,1-2H3;(H-,1,2,3);/q2*-1;;+2/p+1. The summed E-state index contributed by atoms with van der Waals surface area (Å²) in [6.07, 6.45) is 4.28. The Hall–Kier alpha value is 0.643. The topological polar surface area (TPSA) is 57.5 Å². The van der Waals surface area contributed by atoms with Crippen LogP contribution in [0.2, 0.25) is 0 Å². The largest absolute Gasteiger partial charge is 2.00 e. The molecule has 0 atom stereocenters. The van der Waals surface area contributed by atoms with Crippen molar-refractivity contribution in [1.82, 2.24) is 0 Å². The molecule has 0 saturated heterocycles. The average Bonchev–Trinajstić information content (AvgIpc) is 1.88. The molecule has 0 spiro atoms. The van der Waals surface area contributed by atoms with Crippen LogP contribution < -0.4 is 0 Å². The van der Waals surface area contributed by atoms with Crippen LogP contribution >= 0.6 is 8.25 Å². The third kappa shape index (κ3) is 366. The molecule has 0 unspecified atom stereocenters. The van der Waals surface area contributed by atoms with E-state index < -0.39 is 8.25 Å². The Morgan fingerprint density at radius 1 is 1.42 bits per heavy atom. The number of unbranched alkanes of at least 4 members (excludes halogenated alkanes) is 1. The van der Waals surface area contributed by atoms with E-state index in [0.29, 0.717) is 0 Å². The van der Waals surface area contributed by atoms with Gasteiger partial charge in [0, 0.05) is 4.57 Å². The second-order valence-corrected chi connectivity index (χ2v) is 2.19. The molecular weight excluding hydrogens is 228 g/mol. The first-order valence-corrected chi connectivity index (χ1v) is 4.61. The zero-order chi connectivity index (χ0) is 9.70. The van der Waals surface area contributed by atoms with Gasteiger partial charge >= 0.3 is 27.7 Å². The summed E-state index contributed by atoms with van der Waals surface area (Å²) in [6, 6.07) is 0. The van der Waals surface area contributed by atoms with Crippen molar-refractivity contribution >= 4 is 8.25 Å². The average molecular weight is 247 g/mol. The molecule has 0 saturated carbocycles. The minimum absolute atomic E-state index is 0. The molecule has 0 rings (SSSR count). The van der Waals surface area contributed by atoms with Crippen LogP contribution in [-0.2, 0) is 24.0 Å². The predicted molar refractivity (Wildman–Crippen MR) is 48.0 cm³/mol. The normalized spacial score (nSPS) is 6.17. The minimum atomic E-state index is -2.87. The summed E-state index contributed by atoms with van der Waals surface area (Å²) in [5.41, 5.74) is 0. The summed E-state index contributed by atoms with van der Waals surface area (Å²) in [7, 11) is -2.87. The minimum Gasteiger partial charge on any atom is -0.343 e. The van der Waals surface area contributed by atoms with E-state index in [9.17, 15) is 0 Å². The van der Waals surface area contributed by atoms with Gasteiger partial charge in [-0.3, -0.25) is 0 Å². The summed E-state index contributed by atoms with van der Waals surface area (Å²) in [5, 5.41) is 0. The molecule has 70 valence electrons. The van der Waals surface area contributed by atoms with Gasteiger partial charge in [-0.2, -0.15) is 20.3 Å². The predicted octanol–water partition coefficient (Wildman–Crippen LogP) is 2.48. The molecule has 0 heterocycles. The third-order valence-corrected chi connectivity index (χ3v) is 0.354. The van der Waals surface area contributed by atoms with E-state index >= 15 is 0 Å². The number of hydrogen-bond donors (Lipinski definition) is 2. The first kappa shape index (κ1) is 22.9. The van der Waals surface area contributed by atoms with Crippen molar-refractivity contribution in [2.45, 2.75) is 33.6 Å². The maximum absolute atomic E-state index is 8.70. The van der Waals surface area contributed by atoms with E-state index in [4.69, 9.17) is 14.4 Å². The molecule has 0 aromatic rings. The summed E-state index contributed by atoms with van der Waals surface area (Å²) in [6.45, 7) is 9.72. The maximum atomic E-state index is 8.70. The van der Waals surface area contributed by atoms with E-state index in [2.05, 4.69) is 13.8 Å². The van der Waals surface area contributed by atoms with Gasteiger partial charge in [-0.1, -0.05) is 13.3 Å². The van der Waals surface area contributed by atoms with Crippen molar-refractivity contribution < 1.29 is 33.8 Å². The Kier molecular flexibility index (Phi) is 57.1. The van der Waals surface area contributed by atoms with Crippen LogP contribution in [0.25, 0.3) is 0 Å². The molecular formula is C7H18O3PZn+. The van der Waals surface area contributed by atoms with Crippen LogP contribution in [0.3, 0.4) is 0 Å². The van der Waals surface area contributed by atoms with E-state index in [1.807, 2.05) is 20.3 Å². The van der Waals surface area contributed by atoms with Gasteiger partial charge in [0.05, 0.1) is 0 Å². The molecule has 0 aromatic carbocycles. The maximum Gasteiger partial charge on any atom is 2.00 e. The quantitative estimate of drug-likeness (QED) is 0.425. The molecule has 0 fully saturated rings. The Bertz CT molecular complexity index is 65.7. The van der Waals surface area contributed by atoms with Crippen LogP contribution in [0, 0.1) is 13.3 Å². The van der Waals surface area contributed by atoms with Crippen molar-refractivity contribution in [3.8, 4) is 0 Å². The fraction of sp³-hybridized carbons (Fsp3) is 0.714. The zero-order valence-electron chi connectivity index (χ0n) is 8.16. The van der Waals surface area contributed by atoms with Crippen molar-refractivity contribution in [3.63, 3.8) is 0 Å². The first-order chi connectivity index (χ1) is 5.06. The van der Waals surface area contributed by atoms with Crippen LogP contribution in [0.5, 0.6) is 0 Å². The summed E-state index contributed by atoms with van der Waals surface area (Å²) < 4.78 is 8.70. The number of rotatable bonds is 1.